The van der Waals surface area contributed by atoms with Crippen molar-refractivity contribution in [3.8, 4) is 0 Å². The average molecular weight is 294 g/mol. The summed E-state index contributed by atoms with van der Waals surface area (Å²) in [5.41, 5.74) is 1.11. The van der Waals surface area contributed by atoms with Crippen LogP contribution >= 0.6 is 15.9 Å². The minimum absolute atomic E-state index is 0.147. The van der Waals surface area contributed by atoms with Crippen LogP contribution in [-0.2, 0) is 11.3 Å². The highest BCUT2D eigenvalue weighted by Gasteiger charge is 2.21. The Morgan fingerprint density at radius 1 is 1.53 bits per heavy atom. The van der Waals surface area contributed by atoms with Crippen LogP contribution in [0.25, 0.3) is 10.9 Å². The van der Waals surface area contributed by atoms with Crippen molar-refractivity contribution in [2.75, 3.05) is 0 Å². The molecule has 0 bridgehead atoms. The predicted molar refractivity (Wildman–Crippen MR) is 68.6 cm³/mol. The van der Waals surface area contributed by atoms with Crippen molar-refractivity contribution in [3.63, 3.8) is 0 Å². The maximum Gasteiger partial charge on any atom is 0.220 e. The quantitative estimate of drug-likeness (QED) is 0.921. The molecule has 17 heavy (non-hydrogen) atoms. The third kappa shape index (κ3) is 2.07. The largest absolute Gasteiger partial charge is 0.351 e. The summed E-state index contributed by atoms with van der Waals surface area (Å²) in [4.78, 5) is 11.1. The van der Waals surface area contributed by atoms with Gasteiger partial charge in [-0.1, -0.05) is 15.9 Å². The normalized spacial score (nSPS) is 19.8. The zero-order valence-corrected chi connectivity index (χ0v) is 10.8. The maximum absolute atomic E-state index is 11.1. The van der Waals surface area contributed by atoms with Crippen molar-refractivity contribution in [1.82, 2.24) is 15.1 Å². The third-order valence-electron chi connectivity index (χ3n) is 3.08. The van der Waals surface area contributed by atoms with E-state index in [1.54, 1.807) is 0 Å². The smallest absolute Gasteiger partial charge is 0.220 e. The molecular formula is C12H12BrN3O. The molecule has 1 N–H and O–H groups in total. The molecule has 1 aromatic heterocycles. The first-order valence-corrected chi connectivity index (χ1v) is 6.42. The van der Waals surface area contributed by atoms with Crippen molar-refractivity contribution < 1.29 is 4.79 Å². The zero-order chi connectivity index (χ0) is 11.8. The number of nitrogens with zero attached hydrogens (tertiary/aromatic N) is 2. The first-order valence-electron chi connectivity index (χ1n) is 5.63. The highest BCUT2D eigenvalue weighted by molar-refractivity contribution is 9.10. The molecule has 1 aliphatic heterocycles. The molecule has 4 nitrogen and oxygen atoms in total. The van der Waals surface area contributed by atoms with Gasteiger partial charge in [0.1, 0.15) is 0 Å². The van der Waals surface area contributed by atoms with Crippen LogP contribution in [0.4, 0.5) is 0 Å². The number of nitrogens with one attached hydrogen (secondary N) is 1. The van der Waals surface area contributed by atoms with E-state index in [1.165, 1.54) is 0 Å². The Kier molecular flexibility index (Phi) is 2.63. The molecule has 5 heteroatoms. The standard InChI is InChI=1S/C12H12BrN3O/c13-9-1-3-11-8(5-9)6-14-16(11)7-10-2-4-12(17)15-10/h1,3,5-6,10H,2,4,7H2,(H,15,17). The SMILES string of the molecule is O=C1CCC(Cn2ncc3cc(Br)ccc32)N1. The number of fused-ring (bicyclic) bond motifs is 1. The number of rotatable bonds is 2. The highest BCUT2D eigenvalue weighted by atomic mass is 79.9. The fourth-order valence-electron chi connectivity index (χ4n) is 2.23. The zero-order valence-electron chi connectivity index (χ0n) is 9.19. The average Bonchev–Trinajstić information content (AvgIpc) is 2.86. The second-order valence-corrected chi connectivity index (χ2v) is 5.25. The number of amides is 1. The lowest BCUT2D eigenvalue weighted by Crippen LogP contribution is -2.29. The fraction of sp³-hybridized carbons (Fsp3) is 0.333. The van der Waals surface area contributed by atoms with Gasteiger partial charge in [-0.05, 0) is 24.6 Å². The van der Waals surface area contributed by atoms with Crippen molar-refractivity contribution in [2.45, 2.75) is 25.4 Å². The Balaban J connectivity index is 1.88. The first-order chi connectivity index (χ1) is 8.22. The number of carbonyl (C=O) groups is 1. The maximum atomic E-state index is 11.1. The summed E-state index contributed by atoms with van der Waals surface area (Å²) in [5.74, 6) is 0.147. The summed E-state index contributed by atoms with van der Waals surface area (Å²) in [6.07, 6.45) is 3.39. The van der Waals surface area contributed by atoms with Crippen LogP contribution in [-0.4, -0.2) is 21.7 Å². The molecule has 88 valence electrons. The lowest BCUT2D eigenvalue weighted by atomic mass is 10.2. The van der Waals surface area contributed by atoms with Gasteiger partial charge in [-0.2, -0.15) is 5.10 Å². The minimum atomic E-state index is 0.147. The van der Waals surface area contributed by atoms with E-state index >= 15 is 0 Å². The summed E-state index contributed by atoms with van der Waals surface area (Å²) in [5, 5.41) is 8.44. The van der Waals surface area contributed by atoms with Crippen LogP contribution in [0.2, 0.25) is 0 Å². The Hall–Kier alpha value is -1.36. The van der Waals surface area contributed by atoms with E-state index in [-0.39, 0.29) is 11.9 Å². The first kappa shape index (κ1) is 10.8. The molecule has 1 saturated heterocycles. The van der Waals surface area contributed by atoms with Gasteiger partial charge in [0.15, 0.2) is 0 Å². The van der Waals surface area contributed by atoms with Gasteiger partial charge in [0.2, 0.25) is 5.91 Å². The van der Waals surface area contributed by atoms with Gasteiger partial charge in [-0.3, -0.25) is 9.48 Å². The van der Waals surface area contributed by atoms with E-state index in [0.717, 1.165) is 28.3 Å². The van der Waals surface area contributed by atoms with Gasteiger partial charge >= 0.3 is 0 Å². The van der Waals surface area contributed by atoms with Crippen molar-refractivity contribution >= 4 is 32.7 Å². The molecule has 0 saturated carbocycles. The predicted octanol–water partition coefficient (Wildman–Crippen LogP) is 2.08. The van der Waals surface area contributed by atoms with Crippen LogP contribution in [0.1, 0.15) is 12.8 Å². The van der Waals surface area contributed by atoms with E-state index in [4.69, 9.17) is 0 Å². The summed E-state index contributed by atoms with van der Waals surface area (Å²) in [6.45, 7) is 0.747. The van der Waals surface area contributed by atoms with Crippen LogP contribution in [0, 0.1) is 0 Å². The highest BCUT2D eigenvalue weighted by Crippen LogP contribution is 2.20. The molecule has 1 fully saturated rings. The lowest BCUT2D eigenvalue weighted by Gasteiger charge is -2.10. The second kappa shape index (κ2) is 4.14. The fourth-order valence-corrected chi connectivity index (χ4v) is 2.61. The Bertz CT molecular complexity index is 578. The Morgan fingerprint density at radius 2 is 2.41 bits per heavy atom. The van der Waals surface area contributed by atoms with Gasteiger partial charge in [0.25, 0.3) is 0 Å². The van der Waals surface area contributed by atoms with Crippen LogP contribution in [0.3, 0.4) is 0 Å². The number of carbonyl (C=O) groups excluding carboxylic acids is 1. The molecule has 0 aliphatic carbocycles. The summed E-state index contributed by atoms with van der Waals surface area (Å²) in [6, 6.07) is 6.32. The lowest BCUT2D eigenvalue weighted by molar-refractivity contribution is -0.119. The molecule has 0 spiro atoms. The molecule has 3 rings (SSSR count). The van der Waals surface area contributed by atoms with Gasteiger partial charge in [-0.25, -0.2) is 0 Å². The monoisotopic (exact) mass is 293 g/mol. The van der Waals surface area contributed by atoms with E-state index in [2.05, 4.69) is 26.3 Å². The van der Waals surface area contributed by atoms with E-state index in [1.807, 2.05) is 29.1 Å². The van der Waals surface area contributed by atoms with Gasteiger partial charge in [0, 0.05) is 22.3 Å². The third-order valence-corrected chi connectivity index (χ3v) is 3.58. The number of hydrogen-bond donors (Lipinski definition) is 1. The number of halogens is 1. The Morgan fingerprint density at radius 3 is 3.18 bits per heavy atom. The molecule has 1 aliphatic rings. The molecule has 1 aromatic carbocycles. The van der Waals surface area contributed by atoms with Crippen molar-refractivity contribution in [2.24, 2.45) is 0 Å². The summed E-state index contributed by atoms with van der Waals surface area (Å²) in [7, 11) is 0. The van der Waals surface area contributed by atoms with E-state index < -0.39 is 0 Å². The molecule has 1 amide bonds. The van der Waals surface area contributed by atoms with E-state index in [9.17, 15) is 4.79 Å². The van der Waals surface area contributed by atoms with Gasteiger partial charge < -0.3 is 5.32 Å². The number of hydrogen-bond acceptors (Lipinski definition) is 2. The van der Waals surface area contributed by atoms with Crippen LogP contribution in [0.5, 0.6) is 0 Å². The van der Waals surface area contributed by atoms with Gasteiger partial charge in [-0.15, -0.1) is 0 Å². The molecule has 1 unspecified atom stereocenters. The molecule has 0 radical (unpaired) electrons. The Labute approximate surface area is 107 Å². The number of benzene rings is 1. The molecule has 2 heterocycles. The van der Waals surface area contributed by atoms with Crippen molar-refractivity contribution in [1.29, 1.82) is 0 Å². The second-order valence-electron chi connectivity index (χ2n) is 4.33. The van der Waals surface area contributed by atoms with Crippen LogP contribution in [0.15, 0.2) is 28.9 Å². The van der Waals surface area contributed by atoms with Crippen molar-refractivity contribution in [3.05, 3.63) is 28.9 Å². The van der Waals surface area contributed by atoms with Crippen LogP contribution < -0.4 is 5.32 Å². The van der Waals surface area contributed by atoms with Gasteiger partial charge in [0.05, 0.1) is 18.3 Å². The summed E-state index contributed by atoms with van der Waals surface area (Å²) >= 11 is 3.44. The molecule has 2 aromatic rings. The molecular weight excluding hydrogens is 282 g/mol. The summed E-state index contributed by atoms with van der Waals surface area (Å²) < 4.78 is 3.01. The molecule has 1 atom stereocenters. The minimum Gasteiger partial charge on any atom is -0.351 e. The number of aromatic nitrogens is 2. The topological polar surface area (TPSA) is 46.9 Å². The van der Waals surface area contributed by atoms with E-state index in [0.29, 0.717) is 6.42 Å².